The first-order valence-electron chi connectivity index (χ1n) is 7.49. The Bertz CT molecular complexity index is 800. The first kappa shape index (κ1) is 14.5. The lowest BCUT2D eigenvalue weighted by atomic mass is 10.0. The fourth-order valence-electron chi connectivity index (χ4n) is 3.21. The summed E-state index contributed by atoms with van der Waals surface area (Å²) in [5.74, 6) is -1.32. The van der Waals surface area contributed by atoms with E-state index in [-0.39, 0.29) is 11.5 Å². The number of hydrogen-bond acceptors (Lipinski definition) is 3. The van der Waals surface area contributed by atoms with Crippen LogP contribution in [0.1, 0.15) is 47.3 Å². The number of carboxylic acids is 1. The molecule has 1 aliphatic carbocycles. The third kappa shape index (κ3) is 2.54. The van der Waals surface area contributed by atoms with Crippen molar-refractivity contribution >= 4 is 22.8 Å². The van der Waals surface area contributed by atoms with Crippen molar-refractivity contribution in [3.63, 3.8) is 0 Å². The molecular formula is C17H17NO4. The molecule has 1 fully saturated rings. The Labute approximate surface area is 127 Å². The average molecular weight is 299 g/mol. The van der Waals surface area contributed by atoms with Gasteiger partial charge < -0.3 is 5.11 Å². The van der Waals surface area contributed by atoms with Crippen LogP contribution >= 0.6 is 0 Å². The zero-order valence-corrected chi connectivity index (χ0v) is 12.1. The summed E-state index contributed by atoms with van der Waals surface area (Å²) in [5, 5.41) is 9.77. The van der Waals surface area contributed by atoms with Gasteiger partial charge in [0.15, 0.2) is 0 Å². The van der Waals surface area contributed by atoms with Crippen LogP contribution in [0, 0.1) is 5.92 Å². The van der Waals surface area contributed by atoms with Gasteiger partial charge in [-0.25, -0.2) is 9.36 Å². The molecule has 1 saturated carbocycles. The number of aromatic carboxylic acids is 1. The lowest BCUT2D eigenvalue weighted by molar-refractivity contribution is 0.0694. The van der Waals surface area contributed by atoms with Crippen LogP contribution in [-0.2, 0) is 0 Å². The van der Waals surface area contributed by atoms with Gasteiger partial charge in [-0.1, -0.05) is 31.0 Å². The highest BCUT2D eigenvalue weighted by Crippen LogP contribution is 2.28. The molecule has 114 valence electrons. The fourth-order valence-corrected chi connectivity index (χ4v) is 3.21. The number of carbonyl (C=O) groups excluding carboxylic acids is 1. The van der Waals surface area contributed by atoms with Gasteiger partial charge in [-0.15, -0.1) is 0 Å². The number of pyridine rings is 1. The molecule has 1 N–H and O–H groups in total. The van der Waals surface area contributed by atoms with Gasteiger partial charge in [0.1, 0.15) is 5.56 Å². The smallest absolute Gasteiger partial charge is 0.341 e. The van der Waals surface area contributed by atoms with Crippen molar-refractivity contribution < 1.29 is 14.7 Å². The van der Waals surface area contributed by atoms with Gasteiger partial charge in [-0.2, -0.15) is 0 Å². The maximum atomic E-state index is 12.6. The monoisotopic (exact) mass is 299 g/mol. The van der Waals surface area contributed by atoms with E-state index in [4.69, 9.17) is 0 Å². The topological polar surface area (TPSA) is 76.4 Å². The number of carboxylic acid groups (broad SMARTS) is 1. The van der Waals surface area contributed by atoms with E-state index in [0.717, 1.165) is 30.3 Å². The maximum Gasteiger partial charge on any atom is 0.341 e. The van der Waals surface area contributed by atoms with Crippen LogP contribution in [0.4, 0.5) is 0 Å². The van der Waals surface area contributed by atoms with Gasteiger partial charge in [-0.3, -0.25) is 9.59 Å². The molecule has 1 aromatic carbocycles. The normalized spacial score (nSPS) is 15.3. The van der Waals surface area contributed by atoms with Crippen molar-refractivity contribution in [3.05, 3.63) is 46.2 Å². The van der Waals surface area contributed by atoms with E-state index < -0.39 is 11.5 Å². The second kappa shape index (κ2) is 5.75. The Kier molecular flexibility index (Phi) is 3.79. The highest BCUT2D eigenvalue weighted by Gasteiger charge is 2.23. The minimum absolute atomic E-state index is 0.298. The summed E-state index contributed by atoms with van der Waals surface area (Å²) in [6.07, 6.45) is 4.52. The van der Waals surface area contributed by atoms with Crippen molar-refractivity contribution in [2.24, 2.45) is 5.92 Å². The van der Waals surface area contributed by atoms with E-state index in [1.165, 1.54) is 6.07 Å². The van der Waals surface area contributed by atoms with Crippen LogP contribution in [-0.4, -0.2) is 21.6 Å². The van der Waals surface area contributed by atoms with Gasteiger partial charge in [0.2, 0.25) is 5.91 Å². The molecule has 0 atom stereocenters. The van der Waals surface area contributed by atoms with E-state index in [2.05, 4.69) is 0 Å². The van der Waals surface area contributed by atoms with Crippen LogP contribution in [0.15, 0.2) is 35.1 Å². The van der Waals surface area contributed by atoms with E-state index in [0.29, 0.717) is 23.2 Å². The first-order valence-corrected chi connectivity index (χ1v) is 7.49. The van der Waals surface area contributed by atoms with Crippen LogP contribution in [0.5, 0.6) is 0 Å². The molecule has 0 spiro atoms. The predicted octanol–water partition coefficient (Wildman–Crippen LogP) is 2.92. The van der Waals surface area contributed by atoms with Gasteiger partial charge in [0.25, 0.3) is 5.56 Å². The zero-order valence-electron chi connectivity index (χ0n) is 12.1. The summed E-state index contributed by atoms with van der Waals surface area (Å²) in [6.45, 7) is 0. The number of carbonyl (C=O) groups is 2. The average Bonchev–Trinajstić information content (AvgIpc) is 2.99. The Hall–Kier alpha value is -2.43. The highest BCUT2D eigenvalue weighted by atomic mass is 16.4. The first-order chi connectivity index (χ1) is 10.6. The molecule has 1 aliphatic rings. The minimum atomic E-state index is -1.31. The van der Waals surface area contributed by atoms with Crippen molar-refractivity contribution in [1.29, 1.82) is 0 Å². The number of benzene rings is 1. The molecule has 5 nitrogen and oxygen atoms in total. The summed E-state index contributed by atoms with van der Waals surface area (Å²) >= 11 is 0. The third-order valence-electron chi connectivity index (χ3n) is 4.33. The van der Waals surface area contributed by atoms with Gasteiger partial charge in [0.05, 0.1) is 5.52 Å². The quantitative estimate of drug-likeness (QED) is 0.945. The number of para-hydroxylation sites is 1. The zero-order chi connectivity index (χ0) is 15.7. The number of nitrogens with zero attached hydrogens (tertiary/aromatic N) is 1. The molecule has 5 heteroatoms. The van der Waals surface area contributed by atoms with Crippen LogP contribution in [0.2, 0.25) is 0 Å². The summed E-state index contributed by atoms with van der Waals surface area (Å²) in [7, 11) is 0. The molecule has 1 aromatic heterocycles. The Balaban J connectivity index is 2.13. The van der Waals surface area contributed by atoms with E-state index in [9.17, 15) is 19.5 Å². The Morgan fingerprint density at radius 3 is 2.55 bits per heavy atom. The molecule has 2 aromatic rings. The van der Waals surface area contributed by atoms with Crippen LogP contribution < -0.4 is 5.56 Å². The molecule has 0 saturated heterocycles. The summed E-state index contributed by atoms with van der Waals surface area (Å²) in [5.41, 5.74) is -0.631. The number of hydrogen-bond donors (Lipinski definition) is 1. The number of rotatable bonds is 3. The Morgan fingerprint density at radius 1 is 1.18 bits per heavy atom. The molecule has 0 bridgehead atoms. The molecule has 3 rings (SSSR count). The molecule has 22 heavy (non-hydrogen) atoms. The van der Waals surface area contributed by atoms with E-state index in [1.54, 1.807) is 24.3 Å². The second-order valence-electron chi connectivity index (χ2n) is 5.81. The van der Waals surface area contributed by atoms with Crippen molar-refractivity contribution in [2.75, 3.05) is 0 Å². The van der Waals surface area contributed by atoms with Crippen LogP contribution in [0.25, 0.3) is 10.9 Å². The molecule has 0 amide bonds. The summed E-state index contributed by atoms with van der Waals surface area (Å²) in [6, 6.07) is 8.21. The standard InChI is InChI=1S/C17H17NO4/c19-15(9-11-5-1-2-6-11)18-14-8-4-3-7-12(14)10-13(16(18)20)17(21)22/h3-4,7-8,10-11H,1-2,5-6,9H2,(H,21,22). The van der Waals surface area contributed by atoms with Gasteiger partial charge in [-0.05, 0) is 36.3 Å². The van der Waals surface area contributed by atoms with Crippen molar-refractivity contribution in [3.8, 4) is 0 Å². The predicted molar refractivity (Wildman–Crippen MR) is 82.4 cm³/mol. The fraction of sp³-hybridized carbons (Fsp3) is 0.353. The van der Waals surface area contributed by atoms with Gasteiger partial charge >= 0.3 is 5.97 Å². The lowest BCUT2D eigenvalue weighted by Gasteiger charge is -2.13. The molecule has 0 unspecified atom stereocenters. The minimum Gasteiger partial charge on any atom is -0.477 e. The van der Waals surface area contributed by atoms with Gasteiger partial charge in [0, 0.05) is 6.42 Å². The van der Waals surface area contributed by atoms with Crippen molar-refractivity contribution in [2.45, 2.75) is 32.1 Å². The SMILES string of the molecule is O=C(O)c1cc2ccccc2n(C(=O)CC2CCCC2)c1=O. The molecule has 1 heterocycles. The van der Waals surface area contributed by atoms with E-state index in [1.807, 2.05) is 0 Å². The Morgan fingerprint density at radius 2 is 1.86 bits per heavy atom. The summed E-state index contributed by atoms with van der Waals surface area (Å²) < 4.78 is 1.04. The number of fused-ring (bicyclic) bond motifs is 1. The van der Waals surface area contributed by atoms with Crippen LogP contribution in [0.3, 0.4) is 0 Å². The van der Waals surface area contributed by atoms with E-state index >= 15 is 0 Å². The molecule has 0 radical (unpaired) electrons. The largest absolute Gasteiger partial charge is 0.477 e. The van der Waals surface area contributed by atoms with Crippen molar-refractivity contribution in [1.82, 2.24) is 4.57 Å². The highest BCUT2D eigenvalue weighted by molar-refractivity contribution is 5.97. The lowest BCUT2D eigenvalue weighted by Crippen LogP contribution is -2.32. The number of aromatic nitrogens is 1. The third-order valence-corrected chi connectivity index (χ3v) is 4.33. The molecule has 0 aliphatic heterocycles. The summed E-state index contributed by atoms with van der Waals surface area (Å²) in [4.78, 5) is 36.2. The molecular weight excluding hydrogens is 282 g/mol. The second-order valence-corrected chi connectivity index (χ2v) is 5.81. The maximum absolute atomic E-state index is 12.6.